The highest BCUT2D eigenvalue weighted by Crippen LogP contribution is 2.32. The highest BCUT2D eigenvalue weighted by atomic mass is 16.7. The van der Waals surface area contributed by atoms with Crippen LogP contribution in [0.1, 0.15) is 23.4 Å². The molecule has 6 heteroatoms. The van der Waals surface area contributed by atoms with Gasteiger partial charge in [-0.25, -0.2) is 4.98 Å². The van der Waals surface area contributed by atoms with Crippen LogP contribution < -0.4 is 14.8 Å². The Morgan fingerprint density at radius 1 is 1.11 bits per heavy atom. The van der Waals surface area contributed by atoms with E-state index < -0.39 is 0 Å². The predicted octanol–water partition coefficient (Wildman–Crippen LogP) is 3.63. The number of aryl methyl sites for hydroxylation is 2. The summed E-state index contributed by atoms with van der Waals surface area (Å²) in [5.74, 6) is 2.76. The summed E-state index contributed by atoms with van der Waals surface area (Å²) in [5.41, 5.74) is 2.71. The maximum absolute atomic E-state index is 12.2. The second-order valence-corrected chi connectivity index (χ2v) is 6.35. The van der Waals surface area contributed by atoms with Gasteiger partial charge in [-0.3, -0.25) is 4.79 Å². The number of benzene rings is 2. The molecule has 27 heavy (non-hydrogen) atoms. The van der Waals surface area contributed by atoms with Crippen LogP contribution in [0.15, 0.2) is 52.9 Å². The van der Waals surface area contributed by atoms with E-state index in [1.165, 1.54) is 0 Å². The molecule has 1 amide bonds. The molecule has 1 aliphatic rings. The van der Waals surface area contributed by atoms with Gasteiger partial charge in [0, 0.05) is 24.9 Å². The van der Waals surface area contributed by atoms with Gasteiger partial charge in [0.2, 0.25) is 18.6 Å². The van der Waals surface area contributed by atoms with E-state index in [2.05, 4.69) is 10.3 Å². The summed E-state index contributed by atoms with van der Waals surface area (Å²) in [6, 6.07) is 15.4. The third-order valence-corrected chi connectivity index (χ3v) is 4.43. The van der Waals surface area contributed by atoms with Gasteiger partial charge >= 0.3 is 0 Å². The Bertz CT molecular complexity index is 950. The number of nitrogens with one attached hydrogen (secondary N) is 1. The van der Waals surface area contributed by atoms with Crippen molar-refractivity contribution >= 4 is 5.91 Å². The van der Waals surface area contributed by atoms with Crippen LogP contribution in [0.3, 0.4) is 0 Å². The van der Waals surface area contributed by atoms with Crippen molar-refractivity contribution in [2.24, 2.45) is 0 Å². The number of oxazole rings is 1. The Morgan fingerprint density at radius 2 is 1.93 bits per heavy atom. The number of ether oxygens (including phenoxy) is 2. The molecule has 0 fully saturated rings. The lowest BCUT2D eigenvalue weighted by Gasteiger charge is -2.06. The standard InChI is InChI=1S/C21H20N2O4/c1-14-17(23-21(27-14)16-5-3-2-4-6-16)8-10-20(24)22-12-15-7-9-18-19(11-15)26-13-25-18/h2-7,9,11H,8,10,12-13H2,1H3,(H,22,24). The van der Waals surface area contributed by atoms with Crippen molar-refractivity contribution in [2.75, 3.05) is 6.79 Å². The van der Waals surface area contributed by atoms with Crippen LogP contribution in [-0.4, -0.2) is 17.7 Å². The lowest BCUT2D eigenvalue weighted by molar-refractivity contribution is -0.121. The molecular weight excluding hydrogens is 344 g/mol. The number of hydrogen-bond donors (Lipinski definition) is 1. The second kappa shape index (κ2) is 7.53. The fraction of sp³-hybridized carbons (Fsp3) is 0.238. The van der Waals surface area contributed by atoms with Gasteiger partial charge in [0.25, 0.3) is 0 Å². The van der Waals surface area contributed by atoms with Crippen LogP contribution >= 0.6 is 0 Å². The molecule has 0 bridgehead atoms. The molecule has 1 aliphatic heterocycles. The summed E-state index contributed by atoms with van der Waals surface area (Å²) in [6.45, 7) is 2.56. The fourth-order valence-corrected chi connectivity index (χ4v) is 2.94. The topological polar surface area (TPSA) is 73.6 Å². The number of carbonyl (C=O) groups is 1. The predicted molar refractivity (Wildman–Crippen MR) is 99.4 cm³/mol. The van der Waals surface area contributed by atoms with E-state index in [1.54, 1.807) is 0 Å². The average Bonchev–Trinajstić information content (AvgIpc) is 3.31. The van der Waals surface area contributed by atoms with E-state index in [0.29, 0.717) is 31.0 Å². The lowest BCUT2D eigenvalue weighted by Crippen LogP contribution is -2.23. The van der Waals surface area contributed by atoms with Crippen molar-refractivity contribution in [3.8, 4) is 23.0 Å². The summed E-state index contributed by atoms with van der Waals surface area (Å²) in [4.78, 5) is 16.7. The zero-order valence-corrected chi connectivity index (χ0v) is 15.0. The number of amides is 1. The van der Waals surface area contributed by atoms with E-state index in [9.17, 15) is 4.79 Å². The molecule has 0 atom stereocenters. The maximum Gasteiger partial charge on any atom is 0.231 e. The van der Waals surface area contributed by atoms with Gasteiger partial charge in [-0.1, -0.05) is 24.3 Å². The molecule has 138 valence electrons. The Morgan fingerprint density at radius 3 is 2.78 bits per heavy atom. The molecular formula is C21H20N2O4. The van der Waals surface area contributed by atoms with E-state index in [0.717, 1.165) is 28.3 Å². The zero-order valence-electron chi connectivity index (χ0n) is 15.0. The van der Waals surface area contributed by atoms with Crippen LogP contribution in [0.5, 0.6) is 11.5 Å². The molecule has 2 heterocycles. The highest BCUT2D eigenvalue weighted by Gasteiger charge is 2.15. The Kier molecular flexibility index (Phi) is 4.78. The number of fused-ring (bicyclic) bond motifs is 1. The number of carbonyl (C=O) groups excluding carboxylic acids is 1. The smallest absolute Gasteiger partial charge is 0.231 e. The second-order valence-electron chi connectivity index (χ2n) is 6.35. The average molecular weight is 364 g/mol. The lowest BCUT2D eigenvalue weighted by atomic mass is 10.2. The number of nitrogens with zero attached hydrogens (tertiary/aromatic N) is 1. The summed E-state index contributed by atoms with van der Waals surface area (Å²) < 4.78 is 16.4. The van der Waals surface area contributed by atoms with Crippen molar-refractivity contribution in [3.05, 3.63) is 65.5 Å². The molecule has 1 aromatic heterocycles. The third kappa shape index (κ3) is 3.95. The maximum atomic E-state index is 12.2. The minimum Gasteiger partial charge on any atom is -0.454 e. The summed E-state index contributed by atoms with van der Waals surface area (Å²) in [6.07, 6.45) is 0.890. The van der Waals surface area contributed by atoms with Crippen LogP contribution in [0.25, 0.3) is 11.5 Å². The number of aromatic nitrogens is 1. The molecule has 0 spiro atoms. The first-order chi connectivity index (χ1) is 13.2. The first kappa shape index (κ1) is 17.1. The monoisotopic (exact) mass is 364 g/mol. The third-order valence-electron chi connectivity index (χ3n) is 4.43. The molecule has 0 aliphatic carbocycles. The van der Waals surface area contributed by atoms with E-state index >= 15 is 0 Å². The van der Waals surface area contributed by atoms with Crippen molar-refractivity contribution in [1.82, 2.24) is 10.3 Å². The van der Waals surface area contributed by atoms with Crippen molar-refractivity contribution in [2.45, 2.75) is 26.3 Å². The van der Waals surface area contributed by atoms with E-state index in [4.69, 9.17) is 13.9 Å². The van der Waals surface area contributed by atoms with Gasteiger partial charge in [0.1, 0.15) is 5.76 Å². The molecule has 2 aromatic carbocycles. The molecule has 0 saturated carbocycles. The van der Waals surface area contributed by atoms with Gasteiger partial charge in [0.05, 0.1) is 5.69 Å². The molecule has 3 aromatic rings. The van der Waals surface area contributed by atoms with E-state index in [-0.39, 0.29) is 12.7 Å². The fourth-order valence-electron chi connectivity index (χ4n) is 2.94. The number of rotatable bonds is 6. The Labute approximate surface area is 157 Å². The van der Waals surface area contributed by atoms with Crippen molar-refractivity contribution < 1.29 is 18.7 Å². The van der Waals surface area contributed by atoms with Crippen LogP contribution in [-0.2, 0) is 17.8 Å². The molecule has 6 nitrogen and oxygen atoms in total. The Balaban J connectivity index is 1.31. The minimum atomic E-state index is -0.0312. The molecule has 1 N–H and O–H groups in total. The largest absolute Gasteiger partial charge is 0.454 e. The Hall–Kier alpha value is -3.28. The first-order valence-electron chi connectivity index (χ1n) is 8.86. The highest BCUT2D eigenvalue weighted by molar-refractivity contribution is 5.76. The number of hydrogen-bond acceptors (Lipinski definition) is 5. The normalized spacial score (nSPS) is 12.2. The van der Waals surface area contributed by atoms with Crippen molar-refractivity contribution in [3.63, 3.8) is 0 Å². The SMILES string of the molecule is Cc1oc(-c2ccccc2)nc1CCC(=O)NCc1ccc2c(c1)OCO2. The molecule has 0 radical (unpaired) electrons. The van der Waals surface area contributed by atoms with E-state index in [1.807, 2.05) is 55.5 Å². The van der Waals surface area contributed by atoms with Crippen LogP contribution in [0, 0.1) is 6.92 Å². The molecule has 0 saturated heterocycles. The summed E-state index contributed by atoms with van der Waals surface area (Å²) in [5, 5.41) is 2.92. The zero-order chi connectivity index (χ0) is 18.6. The van der Waals surface area contributed by atoms with Gasteiger partial charge in [0.15, 0.2) is 11.5 Å². The van der Waals surface area contributed by atoms with Gasteiger partial charge < -0.3 is 19.2 Å². The minimum absolute atomic E-state index is 0.0312. The van der Waals surface area contributed by atoms with Crippen molar-refractivity contribution in [1.29, 1.82) is 0 Å². The summed E-state index contributed by atoms with van der Waals surface area (Å²) in [7, 11) is 0. The molecule has 4 rings (SSSR count). The van der Waals surface area contributed by atoms with Crippen LogP contribution in [0.2, 0.25) is 0 Å². The summed E-state index contributed by atoms with van der Waals surface area (Å²) >= 11 is 0. The van der Waals surface area contributed by atoms with Gasteiger partial charge in [-0.2, -0.15) is 0 Å². The molecule has 0 unspecified atom stereocenters. The van der Waals surface area contributed by atoms with Gasteiger partial charge in [-0.15, -0.1) is 0 Å². The quantitative estimate of drug-likeness (QED) is 0.723. The van der Waals surface area contributed by atoms with Crippen LogP contribution in [0.4, 0.5) is 0 Å². The van der Waals surface area contributed by atoms with Gasteiger partial charge in [-0.05, 0) is 36.8 Å². The first-order valence-corrected chi connectivity index (χ1v) is 8.86.